The Kier molecular flexibility index (Phi) is 6.59. The van der Waals surface area contributed by atoms with Crippen molar-refractivity contribution in [3.63, 3.8) is 0 Å². The summed E-state index contributed by atoms with van der Waals surface area (Å²) >= 11 is 0. The molecule has 1 saturated heterocycles. The highest BCUT2D eigenvalue weighted by atomic mass is 19.1. The topological polar surface area (TPSA) is 51.2 Å². The zero-order chi connectivity index (χ0) is 20.8. The number of carbonyl (C=O) groups excluding carboxylic acids is 1. The van der Waals surface area contributed by atoms with Crippen LogP contribution in [-0.4, -0.2) is 58.3 Å². The summed E-state index contributed by atoms with van der Waals surface area (Å²) in [5.74, 6) is 1.34. The molecule has 6 nitrogen and oxygen atoms in total. The van der Waals surface area contributed by atoms with Gasteiger partial charge in [0.1, 0.15) is 11.6 Å². The number of ether oxygens (including phenoxy) is 3. The van der Waals surface area contributed by atoms with Gasteiger partial charge in [0.05, 0.1) is 27.0 Å². The average molecular weight is 400 g/mol. The van der Waals surface area contributed by atoms with E-state index in [1.165, 1.54) is 12.1 Å². The molecule has 0 saturated carbocycles. The molecule has 0 N–H and O–H groups in total. The molecule has 1 aliphatic heterocycles. The number of hydrogen-bond acceptors (Lipinski definition) is 5. The van der Waals surface area contributed by atoms with Gasteiger partial charge in [0.2, 0.25) is 5.91 Å². The molecule has 1 heterocycles. The van der Waals surface area contributed by atoms with E-state index in [1.807, 2.05) is 11.0 Å². The van der Waals surface area contributed by atoms with Gasteiger partial charge in [-0.25, -0.2) is 4.39 Å². The molecule has 0 radical (unpaired) electrons. The molecule has 2 aromatic rings. The van der Waals surface area contributed by atoms with Crippen molar-refractivity contribution < 1.29 is 23.4 Å². The number of rotatable bonds is 6. The SMILES string of the molecule is COc1cc(OC)c(OC)cc1/C=C/C(=O)N1CCN(c2ccccc2F)CC1. The van der Waals surface area contributed by atoms with E-state index < -0.39 is 0 Å². The van der Waals surface area contributed by atoms with Crippen molar-refractivity contribution in [3.8, 4) is 17.2 Å². The minimum absolute atomic E-state index is 0.102. The number of amides is 1. The smallest absolute Gasteiger partial charge is 0.246 e. The predicted octanol–water partition coefficient (Wildman–Crippen LogP) is 3.21. The molecule has 0 aliphatic carbocycles. The summed E-state index contributed by atoms with van der Waals surface area (Å²) in [5.41, 5.74) is 1.29. The Morgan fingerprint density at radius 3 is 2.17 bits per heavy atom. The van der Waals surface area contributed by atoms with E-state index in [4.69, 9.17) is 14.2 Å². The summed E-state index contributed by atoms with van der Waals surface area (Å²) in [5, 5.41) is 0. The first-order chi connectivity index (χ1) is 14.1. The number of hydrogen-bond donors (Lipinski definition) is 0. The second-order valence-corrected chi connectivity index (χ2v) is 6.55. The van der Waals surface area contributed by atoms with Gasteiger partial charge in [-0.1, -0.05) is 12.1 Å². The Morgan fingerprint density at radius 1 is 0.931 bits per heavy atom. The average Bonchev–Trinajstić information content (AvgIpc) is 2.77. The Bertz CT molecular complexity index is 892. The van der Waals surface area contributed by atoms with Crippen LogP contribution >= 0.6 is 0 Å². The van der Waals surface area contributed by atoms with Crippen LogP contribution in [0.2, 0.25) is 0 Å². The van der Waals surface area contributed by atoms with Crippen LogP contribution in [0.4, 0.5) is 10.1 Å². The van der Waals surface area contributed by atoms with Crippen molar-refractivity contribution in [1.82, 2.24) is 4.90 Å². The zero-order valence-corrected chi connectivity index (χ0v) is 16.9. The summed E-state index contributed by atoms with van der Waals surface area (Å²) in [6.07, 6.45) is 3.22. The van der Waals surface area contributed by atoms with Crippen LogP contribution in [0.1, 0.15) is 5.56 Å². The molecule has 0 bridgehead atoms. The molecule has 7 heteroatoms. The van der Waals surface area contributed by atoms with Crippen molar-refractivity contribution in [1.29, 1.82) is 0 Å². The van der Waals surface area contributed by atoms with E-state index in [9.17, 15) is 9.18 Å². The summed E-state index contributed by atoms with van der Waals surface area (Å²) in [6.45, 7) is 2.22. The van der Waals surface area contributed by atoms with E-state index in [-0.39, 0.29) is 11.7 Å². The third-order valence-corrected chi connectivity index (χ3v) is 4.93. The Balaban J connectivity index is 1.67. The number of carbonyl (C=O) groups is 1. The molecule has 1 aliphatic rings. The molecular formula is C22H25FN2O4. The summed E-state index contributed by atoms with van der Waals surface area (Å²) < 4.78 is 29.9. The fourth-order valence-electron chi connectivity index (χ4n) is 3.33. The van der Waals surface area contributed by atoms with Crippen molar-refractivity contribution in [2.45, 2.75) is 0 Å². The molecule has 29 heavy (non-hydrogen) atoms. The monoisotopic (exact) mass is 400 g/mol. The van der Waals surface area contributed by atoms with Crippen molar-refractivity contribution in [2.75, 3.05) is 52.4 Å². The zero-order valence-electron chi connectivity index (χ0n) is 16.9. The van der Waals surface area contributed by atoms with Gasteiger partial charge < -0.3 is 24.0 Å². The normalized spacial score (nSPS) is 14.2. The maximum atomic E-state index is 14.0. The van der Waals surface area contributed by atoms with Crippen molar-refractivity contribution in [3.05, 3.63) is 53.9 Å². The third-order valence-electron chi connectivity index (χ3n) is 4.93. The van der Waals surface area contributed by atoms with Crippen LogP contribution in [0.25, 0.3) is 6.08 Å². The second kappa shape index (κ2) is 9.32. The lowest BCUT2D eigenvalue weighted by Crippen LogP contribution is -2.48. The summed E-state index contributed by atoms with van der Waals surface area (Å²) in [4.78, 5) is 16.3. The molecule has 154 valence electrons. The first-order valence-corrected chi connectivity index (χ1v) is 9.34. The second-order valence-electron chi connectivity index (χ2n) is 6.55. The summed E-state index contributed by atoms with van der Waals surface area (Å²) in [6, 6.07) is 10.2. The van der Waals surface area contributed by atoms with Crippen LogP contribution in [0.5, 0.6) is 17.2 Å². The van der Waals surface area contributed by atoms with E-state index in [0.29, 0.717) is 54.7 Å². The van der Waals surface area contributed by atoms with Gasteiger partial charge in [0, 0.05) is 43.9 Å². The maximum absolute atomic E-state index is 14.0. The van der Waals surface area contributed by atoms with E-state index in [0.717, 1.165) is 0 Å². The van der Waals surface area contributed by atoms with Gasteiger partial charge in [-0.2, -0.15) is 0 Å². The maximum Gasteiger partial charge on any atom is 0.246 e. The van der Waals surface area contributed by atoms with E-state index >= 15 is 0 Å². The predicted molar refractivity (Wildman–Crippen MR) is 110 cm³/mol. The minimum Gasteiger partial charge on any atom is -0.496 e. The first kappa shape index (κ1) is 20.5. The molecular weight excluding hydrogens is 375 g/mol. The Labute approximate surface area is 170 Å². The third kappa shape index (κ3) is 4.62. The van der Waals surface area contributed by atoms with Crippen LogP contribution in [0.15, 0.2) is 42.5 Å². The standard InChI is InChI=1S/C22H25FN2O4/c1-27-19-15-21(29-3)20(28-2)14-16(19)8-9-22(26)25-12-10-24(11-13-25)18-7-5-4-6-17(18)23/h4-9,14-15H,10-13H2,1-3H3/b9-8+. The Hall–Kier alpha value is -3.22. The molecule has 1 amide bonds. The highest BCUT2D eigenvalue weighted by Gasteiger charge is 2.21. The fourth-order valence-corrected chi connectivity index (χ4v) is 3.33. The van der Waals surface area contributed by atoms with Gasteiger partial charge in [-0.3, -0.25) is 4.79 Å². The van der Waals surface area contributed by atoms with Gasteiger partial charge >= 0.3 is 0 Å². The first-order valence-electron chi connectivity index (χ1n) is 9.34. The number of methoxy groups -OCH3 is 3. The molecule has 1 fully saturated rings. The largest absolute Gasteiger partial charge is 0.496 e. The van der Waals surface area contributed by atoms with Gasteiger partial charge in [0.25, 0.3) is 0 Å². The highest BCUT2D eigenvalue weighted by molar-refractivity contribution is 5.92. The summed E-state index contributed by atoms with van der Waals surface area (Å²) in [7, 11) is 4.66. The number of piperazine rings is 1. The molecule has 3 rings (SSSR count). The lowest BCUT2D eigenvalue weighted by molar-refractivity contribution is -0.126. The molecule has 0 unspecified atom stereocenters. The highest BCUT2D eigenvalue weighted by Crippen LogP contribution is 2.35. The number of anilines is 1. The molecule has 0 atom stereocenters. The van der Waals surface area contributed by atoms with Gasteiger partial charge in [-0.15, -0.1) is 0 Å². The minimum atomic E-state index is -0.243. The number of halogens is 1. The molecule has 0 aromatic heterocycles. The van der Waals surface area contributed by atoms with Crippen LogP contribution in [-0.2, 0) is 4.79 Å². The number of para-hydroxylation sites is 1. The lowest BCUT2D eigenvalue weighted by atomic mass is 10.1. The van der Waals surface area contributed by atoms with Gasteiger partial charge in [0.15, 0.2) is 11.5 Å². The molecule has 2 aromatic carbocycles. The number of nitrogens with zero attached hydrogens (tertiary/aromatic N) is 2. The number of benzene rings is 2. The van der Waals surface area contributed by atoms with E-state index in [1.54, 1.807) is 56.6 Å². The van der Waals surface area contributed by atoms with Crippen LogP contribution < -0.4 is 19.1 Å². The van der Waals surface area contributed by atoms with Crippen molar-refractivity contribution in [2.24, 2.45) is 0 Å². The Morgan fingerprint density at radius 2 is 1.55 bits per heavy atom. The quantitative estimate of drug-likeness (QED) is 0.697. The van der Waals surface area contributed by atoms with Crippen molar-refractivity contribution >= 4 is 17.7 Å². The molecule has 0 spiro atoms. The van der Waals surface area contributed by atoms with E-state index in [2.05, 4.69) is 0 Å². The van der Waals surface area contributed by atoms with Crippen LogP contribution in [0, 0.1) is 5.82 Å². The van der Waals surface area contributed by atoms with Gasteiger partial charge in [-0.05, 0) is 24.3 Å². The fraction of sp³-hybridized carbons (Fsp3) is 0.318. The van der Waals surface area contributed by atoms with Crippen LogP contribution in [0.3, 0.4) is 0 Å². The lowest BCUT2D eigenvalue weighted by Gasteiger charge is -2.35.